The molecule has 5 nitrogen and oxygen atoms in total. The molecule has 1 aromatic heterocycles. The van der Waals surface area contributed by atoms with E-state index >= 15 is 0 Å². The summed E-state index contributed by atoms with van der Waals surface area (Å²) in [6, 6.07) is 7.68. The van der Waals surface area contributed by atoms with Crippen molar-refractivity contribution in [3.8, 4) is 11.1 Å². The monoisotopic (exact) mass is 231 g/mol. The minimum Gasteiger partial charge on any atom is -0.464 e. The number of anilines is 1. The van der Waals surface area contributed by atoms with E-state index in [-0.39, 0.29) is 11.5 Å². The second-order valence-electron chi connectivity index (χ2n) is 3.72. The first kappa shape index (κ1) is 11.2. The Kier molecular flexibility index (Phi) is 2.82. The highest BCUT2D eigenvalue weighted by atomic mass is 16.5. The molecule has 0 atom stereocenters. The number of nitrogen functional groups attached to an aromatic ring is 1. The number of carbonyl (C=O) groups excluding carboxylic acids is 1. The normalized spacial score (nSPS) is 10.2. The Morgan fingerprint density at radius 3 is 2.88 bits per heavy atom. The summed E-state index contributed by atoms with van der Waals surface area (Å²) in [5, 5.41) is 6.44. The van der Waals surface area contributed by atoms with Gasteiger partial charge in [0, 0.05) is 0 Å². The van der Waals surface area contributed by atoms with Gasteiger partial charge in [-0.15, -0.1) is 0 Å². The zero-order valence-electron chi connectivity index (χ0n) is 9.65. The van der Waals surface area contributed by atoms with E-state index in [4.69, 9.17) is 5.73 Å². The van der Waals surface area contributed by atoms with Gasteiger partial charge in [-0.05, 0) is 12.5 Å². The lowest BCUT2D eigenvalue weighted by atomic mass is 10.0. The molecule has 0 aliphatic rings. The first-order valence-corrected chi connectivity index (χ1v) is 5.12. The number of hydrogen-bond acceptors (Lipinski definition) is 4. The lowest BCUT2D eigenvalue weighted by Gasteiger charge is -2.03. The second-order valence-corrected chi connectivity index (χ2v) is 3.72. The average Bonchev–Trinajstić information content (AvgIpc) is 2.70. The number of nitrogens with two attached hydrogens (primary N) is 1. The number of nitrogens with zero attached hydrogens (tertiary/aromatic N) is 1. The zero-order chi connectivity index (χ0) is 12.4. The molecule has 0 saturated heterocycles. The van der Waals surface area contributed by atoms with Crippen molar-refractivity contribution in [3.05, 3.63) is 35.5 Å². The van der Waals surface area contributed by atoms with Crippen molar-refractivity contribution in [3.63, 3.8) is 0 Å². The van der Waals surface area contributed by atoms with Crippen LogP contribution in [0.3, 0.4) is 0 Å². The van der Waals surface area contributed by atoms with Crippen LogP contribution in [0.15, 0.2) is 24.3 Å². The number of aromatic nitrogens is 2. The van der Waals surface area contributed by atoms with Crippen LogP contribution in [0.1, 0.15) is 16.1 Å². The Morgan fingerprint density at radius 2 is 2.24 bits per heavy atom. The van der Waals surface area contributed by atoms with Crippen LogP contribution in [-0.4, -0.2) is 23.3 Å². The topological polar surface area (TPSA) is 81.0 Å². The van der Waals surface area contributed by atoms with E-state index in [9.17, 15) is 4.79 Å². The van der Waals surface area contributed by atoms with Crippen LogP contribution in [0.2, 0.25) is 0 Å². The average molecular weight is 231 g/mol. The molecule has 0 aliphatic heterocycles. The number of benzene rings is 1. The minimum atomic E-state index is -0.481. The summed E-state index contributed by atoms with van der Waals surface area (Å²) in [7, 11) is 1.32. The lowest BCUT2D eigenvalue weighted by Crippen LogP contribution is -2.03. The molecule has 0 unspecified atom stereocenters. The van der Waals surface area contributed by atoms with E-state index in [1.54, 1.807) is 0 Å². The van der Waals surface area contributed by atoms with Crippen molar-refractivity contribution in [2.45, 2.75) is 6.92 Å². The van der Waals surface area contributed by atoms with Crippen LogP contribution in [0.5, 0.6) is 0 Å². The number of rotatable bonds is 2. The molecular weight excluding hydrogens is 218 g/mol. The molecule has 3 N–H and O–H groups in total. The maximum absolute atomic E-state index is 11.6. The van der Waals surface area contributed by atoms with Crippen molar-refractivity contribution >= 4 is 11.8 Å². The minimum absolute atomic E-state index is 0.274. The van der Waals surface area contributed by atoms with Gasteiger partial charge in [0.25, 0.3) is 0 Å². The fourth-order valence-electron chi connectivity index (χ4n) is 1.70. The lowest BCUT2D eigenvalue weighted by molar-refractivity contribution is 0.0595. The van der Waals surface area contributed by atoms with E-state index in [1.165, 1.54) is 7.11 Å². The van der Waals surface area contributed by atoms with Gasteiger partial charge in [0.15, 0.2) is 11.5 Å². The SMILES string of the molecule is COC(=O)c1[nH]nc(N)c1-c1cccc(C)c1. The Balaban J connectivity index is 2.58. The molecule has 0 amide bonds. The van der Waals surface area contributed by atoms with E-state index in [1.807, 2.05) is 31.2 Å². The van der Waals surface area contributed by atoms with Crippen molar-refractivity contribution in [2.24, 2.45) is 0 Å². The molecule has 0 saturated carbocycles. The maximum atomic E-state index is 11.6. The predicted octanol–water partition coefficient (Wildman–Crippen LogP) is 1.75. The highest BCUT2D eigenvalue weighted by Crippen LogP contribution is 2.28. The van der Waals surface area contributed by atoms with E-state index in [2.05, 4.69) is 14.9 Å². The number of methoxy groups -OCH3 is 1. The molecular formula is C12H13N3O2. The number of aromatic amines is 1. The Morgan fingerprint density at radius 1 is 1.47 bits per heavy atom. The van der Waals surface area contributed by atoms with Crippen molar-refractivity contribution in [1.82, 2.24) is 10.2 Å². The molecule has 0 bridgehead atoms. The fourth-order valence-corrected chi connectivity index (χ4v) is 1.70. The van der Waals surface area contributed by atoms with Crippen molar-refractivity contribution < 1.29 is 9.53 Å². The number of hydrogen-bond donors (Lipinski definition) is 2. The van der Waals surface area contributed by atoms with Crippen LogP contribution in [-0.2, 0) is 4.74 Å². The van der Waals surface area contributed by atoms with Crippen LogP contribution in [0, 0.1) is 6.92 Å². The molecule has 5 heteroatoms. The van der Waals surface area contributed by atoms with Gasteiger partial charge in [0.2, 0.25) is 0 Å². The van der Waals surface area contributed by atoms with E-state index < -0.39 is 5.97 Å². The molecule has 88 valence electrons. The Hall–Kier alpha value is -2.30. The standard InChI is InChI=1S/C12H13N3O2/c1-7-4-3-5-8(6-7)9-10(12(16)17-2)14-15-11(9)13/h3-6H,1-2H3,(H3,13,14,15). The summed E-state index contributed by atoms with van der Waals surface area (Å²) in [6.45, 7) is 1.97. The highest BCUT2D eigenvalue weighted by molar-refractivity contribution is 5.98. The first-order chi connectivity index (χ1) is 8.13. The summed E-state index contributed by atoms with van der Waals surface area (Å²) < 4.78 is 4.68. The Bertz CT molecular complexity index is 561. The van der Waals surface area contributed by atoms with E-state index in [0.717, 1.165) is 11.1 Å². The summed E-state index contributed by atoms with van der Waals surface area (Å²) in [5.41, 5.74) is 8.55. The molecule has 17 heavy (non-hydrogen) atoms. The number of carbonyl (C=O) groups is 1. The van der Waals surface area contributed by atoms with Gasteiger partial charge in [0.05, 0.1) is 12.7 Å². The fraction of sp³-hybridized carbons (Fsp3) is 0.167. The summed E-state index contributed by atoms with van der Waals surface area (Å²) in [6.07, 6.45) is 0. The molecule has 2 rings (SSSR count). The molecule has 1 aromatic carbocycles. The summed E-state index contributed by atoms with van der Waals surface area (Å²) in [4.78, 5) is 11.6. The van der Waals surface area contributed by atoms with Gasteiger partial charge in [-0.25, -0.2) is 4.79 Å². The summed E-state index contributed by atoms with van der Waals surface area (Å²) in [5.74, 6) is -0.193. The smallest absolute Gasteiger partial charge is 0.356 e. The van der Waals surface area contributed by atoms with Crippen molar-refractivity contribution in [2.75, 3.05) is 12.8 Å². The number of H-pyrrole nitrogens is 1. The van der Waals surface area contributed by atoms with Gasteiger partial charge in [-0.1, -0.05) is 29.8 Å². The number of nitrogens with one attached hydrogen (secondary N) is 1. The van der Waals surface area contributed by atoms with Crippen LogP contribution < -0.4 is 5.73 Å². The quantitative estimate of drug-likeness (QED) is 0.771. The molecule has 1 heterocycles. The number of esters is 1. The molecule has 0 fully saturated rings. The Labute approximate surface area is 98.6 Å². The second kappa shape index (κ2) is 4.29. The summed E-state index contributed by atoms with van der Waals surface area (Å²) >= 11 is 0. The first-order valence-electron chi connectivity index (χ1n) is 5.12. The third-order valence-electron chi connectivity index (χ3n) is 2.49. The van der Waals surface area contributed by atoms with Gasteiger partial charge in [-0.3, -0.25) is 5.10 Å². The molecule has 0 aliphatic carbocycles. The van der Waals surface area contributed by atoms with Gasteiger partial charge in [0.1, 0.15) is 0 Å². The number of ether oxygens (including phenoxy) is 1. The van der Waals surface area contributed by atoms with Gasteiger partial charge < -0.3 is 10.5 Å². The number of aryl methyl sites for hydroxylation is 1. The maximum Gasteiger partial charge on any atom is 0.356 e. The third-order valence-corrected chi connectivity index (χ3v) is 2.49. The van der Waals surface area contributed by atoms with Gasteiger partial charge in [-0.2, -0.15) is 5.10 Å². The van der Waals surface area contributed by atoms with Gasteiger partial charge >= 0.3 is 5.97 Å². The molecule has 2 aromatic rings. The van der Waals surface area contributed by atoms with Crippen LogP contribution in [0.4, 0.5) is 5.82 Å². The highest BCUT2D eigenvalue weighted by Gasteiger charge is 2.19. The van der Waals surface area contributed by atoms with Crippen LogP contribution >= 0.6 is 0 Å². The predicted molar refractivity (Wildman–Crippen MR) is 64.5 cm³/mol. The molecule has 0 radical (unpaired) electrons. The zero-order valence-corrected chi connectivity index (χ0v) is 9.65. The van der Waals surface area contributed by atoms with Crippen LogP contribution in [0.25, 0.3) is 11.1 Å². The van der Waals surface area contributed by atoms with Crippen molar-refractivity contribution in [1.29, 1.82) is 0 Å². The van der Waals surface area contributed by atoms with E-state index in [0.29, 0.717) is 5.56 Å². The third kappa shape index (κ3) is 1.99. The molecule has 0 spiro atoms. The largest absolute Gasteiger partial charge is 0.464 e.